The summed E-state index contributed by atoms with van der Waals surface area (Å²) < 4.78 is 0. The lowest BCUT2D eigenvalue weighted by atomic mass is 10.3. The van der Waals surface area contributed by atoms with Gasteiger partial charge in [0.2, 0.25) is 0 Å². The second kappa shape index (κ2) is 4.29. The molecule has 8 heteroatoms. The zero-order valence-electron chi connectivity index (χ0n) is 9.44. The maximum atomic E-state index is 11.4. The van der Waals surface area contributed by atoms with E-state index in [-0.39, 0.29) is 11.4 Å². The summed E-state index contributed by atoms with van der Waals surface area (Å²) in [6.07, 6.45) is 1.42. The maximum absolute atomic E-state index is 11.4. The number of benzene rings is 1. The summed E-state index contributed by atoms with van der Waals surface area (Å²) >= 11 is 5.99. The number of hydrogen-bond acceptors (Lipinski definition) is 5. The summed E-state index contributed by atoms with van der Waals surface area (Å²) in [6, 6.07) is 4.72. The van der Waals surface area contributed by atoms with E-state index in [4.69, 9.17) is 11.6 Å². The SMILES string of the molecule is O=c1nc2nc[nH]c2c(Nc2c(O)cccc2Cl)[nH]1. The Morgan fingerprint density at radius 3 is 3.00 bits per heavy atom. The molecule has 0 radical (unpaired) electrons. The third-order valence-electron chi connectivity index (χ3n) is 2.55. The number of halogens is 1. The van der Waals surface area contributed by atoms with Gasteiger partial charge in [0.05, 0.1) is 11.3 Å². The summed E-state index contributed by atoms with van der Waals surface area (Å²) in [5.74, 6) is 0.300. The number of H-pyrrole nitrogens is 2. The number of phenolic OH excluding ortho intramolecular Hbond substituents is 1. The summed E-state index contributed by atoms with van der Waals surface area (Å²) in [5.41, 5.74) is 0.535. The highest BCUT2D eigenvalue weighted by molar-refractivity contribution is 6.33. The van der Waals surface area contributed by atoms with E-state index in [0.29, 0.717) is 22.0 Å². The van der Waals surface area contributed by atoms with Gasteiger partial charge in [0.25, 0.3) is 0 Å². The predicted octanol–water partition coefficient (Wildman–Crippen LogP) is 1.75. The molecule has 96 valence electrons. The summed E-state index contributed by atoms with van der Waals surface area (Å²) in [4.78, 5) is 24.4. The lowest BCUT2D eigenvalue weighted by Crippen LogP contribution is -2.12. The molecule has 3 aromatic rings. The van der Waals surface area contributed by atoms with E-state index < -0.39 is 5.69 Å². The number of aromatic nitrogens is 4. The number of phenols is 1. The fourth-order valence-electron chi connectivity index (χ4n) is 1.70. The molecular formula is C11H8ClN5O2. The van der Waals surface area contributed by atoms with Crippen LogP contribution in [0.25, 0.3) is 11.2 Å². The Balaban J connectivity index is 2.16. The number of fused-ring (bicyclic) bond motifs is 1. The summed E-state index contributed by atoms with van der Waals surface area (Å²) in [5, 5.41) is 13.0. The van der Waals surface area contributed by atoms with Crippen molar-refractivity contribution in [3.05, 3.63) is 40.0 Å². The number of para-hydroxylation sites is 1. The quantitative estimate of drug-likeness (QED) is 0.534. The van der Waals surface area contributed by atoms with Crippen LogP contribution in [0.15, 0.2) is 29.3 Å². The lowest BCUT2D eigenvalue weighted by molar-refractivity contribution is 0.478. The van der Waals surface area contributed by atoms with E-state index in [0.717, 1.165) is 0 Å². The van der Waals surface area contributed by atoms with Gasteiger partial charge in [0.15, 0.2) is 5.65 Å². The molecule has 0 atom stereocenters. The zero-order valence-corrected chi connectivity index (χ0v) is 10.2. The molecular weight excluding hydrogens is 270 g/mol. The van der Waals surface area contributed by atoms with Gasteiger partial charge in [-0.3, -0.25) is 4.98 Å². The third-order valence-corrected chi connectivity index (χ3v) is 2.87. The smallest absolute Gasteiger partial charge is 0.348 e. The van der Waals surface area contributed by atoms with Gasteiger partial charge in [-0.05, 0) is 12.1 Å². The minimum Gasteiger partial charge on any atom is -0.506 e. The van der Waals surface area contributed by atoms with Crippen LogP contribution in [0.3, 0.4) is 0 Å². The molecule has 0 aliphatic carbocycles. The van der Waals surface area contributed by atoms with Crippen molar-refractivity contribution in [1.29, 1.82) is 0 Å². The molecule has 0 unspecified atom stereocenters. The largest absolute Gasteiger partial charge is 0.506 e. The molecule has 0 fully saturated rings. The predicted molar refractivity (Wildman–Crippen MR) is 70.9 cm³/mol. The zero-order chi connectivity index (χ0) is 13.4. The molecule has 0 saturated heterocycles. The molecule has 0 amide bonds. The second-order valence-electron chi connectivity index (χ2n) is 3.78. The van der Waals surface area contributed by atoms with Gasteiger partial charge in [0.1, 0.15) is 22.8 Å². The van der Waals surface area contributed by atoms with Crippen molar-refractivity contribution in [1.82, 2.24) is 19.9 Å². The van der Waals surface area contributed by atoms with Gasteiger partial charge in [0, 0.05) is 0 Å². The molecule has 3 rings (SSSR count). The van der Waals surface area contributed by atoms with Gasteiger partial charge in [-0.1, -0.05) is 17.7 Å². The van der Waals surface area contributed by atoms with Crippen molar-refractivity contribution < 1.29 is 5.11 Å². The van der Waals surface area contributed by atoms with E-state index >= 15 is 0 Å². The van der Waals surface area contributed by atoms with Crippen LogP contribution in [0, 0.1) is 0 Å². The highest BCUT2D eigenvalue weighted by Gasteiger charge is 2.11. The Labute approximate surface area is 111 Å². The number of anilines is 2. The Hall–Kier alpha value is -2.54. The first kappa shape index (κ1) is 11.5. The first-order chi connectivity index (χ1) is 9.15. The number of aromatic hydroxyl groups is 1. The van der Waals surface area contributed by atoms with Crippen molar-refractivity contribution in [2.45, 2.75) is 0 Å². The fraction of sp³-hybridized carbons (Fsp3) is 0. The molecule has 2 aromatic heterocycles. The van der Waals surface area contributed by atoms with E-state index in [1.807, 2.05) is 0 Å². The number of nitrogens with one attached hydrogen (secondary N) is 3. The van der Waals surface area contributed by atoms with Crippen LogP contribution >= 0.6 is 11.6 Å². The number of hydrogen-bond donors (Lipinski definition) is 4. The van der Waals surface area contributed by atoms with Crippen LogP contribution in [0.2, 0.25) is 5.02 Å². The van der Waals surface area contributed by atoms with Crippen LogP contribution in [0.1, 0.15) is 0 Å². The molecule has 1 aromatic carbocycles. The van der Waals surface area contributed by atoms with Gasteiger partial charge in [-0.2, -0.15) is 4.98 Å². The normalized spacial score (nSPS) is 10.8. The monoisotopic (exact) mass is 277 g/mol. The van der Waals surface area contributed by atoms with Crippen LogP contribution in [0.5, 0.6) is 5.75 Å². The first-order valence-corrected chi connectivity index (χ1v) is 5.71. The molecule has 0 aliphatic heterocycles. The molecule has 19 heavy (non-hydrogen) atoms. The van der Waals surface area contributed by atoms with Crippen molar-refractivity contribution in [2.24, 2.45) is 0 Å². The van der Waals surface area contributed by atoms with Crippen molar-refractivity contribution in [2.75, 3.05) is 5.32 Å². The molecule has 2 heterocycles. The standard InChI is InChI=1S/C11H8ClN5O2/c12-5-2-1-3-6(18)7(5)15-10-8-9(14-4-13-8)16-11(19)17-10/h1-4,18H,(H3,13,14,15,16,17,19). The molecule has 0 saturated carbocycles. The Morgan fingerprint density at radius 1 is 1.37 bits per heavy atom. The van der Waals surface area contributed by atoms with Gasteiger partial charge >= 0.3 is 5.69 Å². The Morgan fingerprint density at radius 2 is 2.21 bits per heavy atom. The van der Waals surface area contributed by atoms with Crippen molar-refractivity contribution in [3.63, 3.8) is 0 Å². The summed E-state index contributed by atoms with van der Waals surface area (Å²) in [6.45, 7) is 0. The minimum absolute atomic E-state index is 0.0298. The topological polar surface area (TPSA) is 107 Å². The van der Waals surface area contributed by atoms with Crippen LogP contribution in [-0.2, 0) is 0 Å². The number of rotatable bonds is 2. The molecule has 0 spiro atoms. The van der Waals surface area contributed by atoms with Crippen molar-refractivity contribution in [3.8, 4) is 5.75 Å². The van der Waals surface area contributed by atoms with Gasteiger partial charge < -0.3 is 15.4 Å². The van der Waals surface area contributed by atoms with Crippen LogP contribution in [0.4, 0.5) is 11.5 Å². The fourth-order valence-corrected chi connectivity index (χ4v) is 1.92. The molecule has 7 nitrogen and oxygen atoms in total. The van der Waals surface area contributed by atoms with Crippen LogP contribution in [-0.4, -0.2) is 25.0 Å². The average molecular weight is 278 g/mol. The number of nitrogens with zero attached hydrogens (tertiary/aromatic N) is 2. The minimum atomic E-state index is -0.548. The number of aromatic amines is 2. The first-order valence-electron chi connectivity index (χ1n) is 5.33. The highest BCUT2D eigenvalue weighted by atomic mass is 35.5. The van der Waals surface area contributed by atoms with E-state index in [1.54, 1.807) is 12.1 Å². The summed E-state index contributed by atoms with van der Waals surface area (Å²) in [7, 11) is 0. The number of imidazole rings is 1. The van der Waals surface area contributed by atoms with Gasteiger partial charge in [-0.25, -0.2) is 9.78 Å². The second-order valence-corrected chi connectivity index (χ2v) is 4.18. The van der Waals surface area contributed by atoms with Gasteiger partial charge in [-0.15, -0.1) is 0 Å². The average Bonchev–Trinajstić information content (AvgIpc) is 2.81. The van der Waals surface area contributed by atoms with E-state index in [9.17, 15) is 9.90 Å². The molecule has 4 N–H and O–H groups in total. The highest BCUT2D eigenvalue weighted by Crippen LogP contribution is 2.33. The van der Waals surface area contributed by atoms with Crippen LogP contribution < -0.4 is 11.0 Å². The van der Waals surface area contributed by atoms with E-state index in [1.165, 1.54) is 12.4 Å². The lowest BCUT2D eigenvalue weighted by Gasteiger charge is -2.10. The third kappa shape index (κ3) is 2.00. The molecule has 0 aliphatic rings. The maximum Gasteiger partial charge on any atom is 0.348 e. The Kier molecular flexibility index (Phi) is 2.60. The molecule has 0 bridgehead atoms. The van der Waals surface area contributed by atoms with Crippen molar-refractivity contribution >= 4 is 34.3 Å². The Bertz CT molecular complexity index is 790. The van der Waals surface area contributed by atoms with E-state index in [2.05, 4.69) is 25.3 Å².